The molecule has 2 atom stereocenters. The number of anilines is 1. The topological polar surface area (TPSA) is 75.2 Å². The van der Waals surface area contributed by atoms with Crippen LogP contribution in [0.5, 0.6) is 0 Å². The fraction of sp³-hybridized carbons (Fsp3) is 0.333. The second kappa shape index (κ2) is 6.75. The zero-order valence-electron chi connectivity index (χ0n) is 13.8. The summed E-state index contributed by atoms with van der Waals surface area (Å²) in [6, 6.07) is 5.69. The summed E-state index contributed by atoms with van der Waals surface area (Å²) in [5.41, 5.74) is 1.72. The van der Waals surface area contributed by atoms with Gasteiger partial charge in [-0.25, -0.2) is 14.4 Å². The number of hydrogen-bond donors (Lipinski definition) is 1. The Kier molecular flexibility index (Phi) is 4.44. The van der Waals surface area contributed by atoms with Crippen molar-refractivity contribution in [1.29, 1.82) is 0 Å². The Morgan fingerprint density at radius 3 is 2.85 bits per heavy atom. The monoisotopic (exact) mass is 418 g/mol. The smallest absolute Gasteiger partial charge is 0.254 e. The number of benzene rings is 1. The first-order chi connectivity index (χ1) is 12.5. The highest BCUT2D eigenvalue weighted by molar-refractivity contribution is 9.10. The second-order valence-electron chi connectivity index (χ2n) is 6.54. The minimum atomic E-state index is -0.578. The summed E-state index contributed by atoms with van der Waals surface area (Å²) in [6.45, 7) is -0.0732. The summed E-state index contributed by atoms with van der Waals surface area (Å²) in [5, 5.41) is 2.52. The molecule has 1 aromatic heterocycles. The molecule has 0 spiro atoms. The first kappa shape index (κ1) is 17.1. The zero-order valence-corrected chi connectivity index (χ0v) is 15.4. The molecule has 2 aromatic rings. The van der Waals surface area contributed by atoms with Crippen LogP contribution in [0.2, 0.25) is 0 Å². The lowest BCUT2D eigenvalue weighted by Crippen LogP contribution is -2.49. The molecule has 134 valence electrons. The Bertz CT molecular complexity index is 874. The van der Waals surface area contributed by atoms with Crippen LogP contribution in [0.4, 0.5) is 10.3 Å². The highest BCUT2D eigenvalue weighted by Crippen LogP contribution is 2.44. The van der Waals surface area contributed by atoms with Gasteiger partial charge in [0.1, 0.15) is 6.54 Å². The van der Waals surface area contributed by atoms with Crippen molar-refractivity contribution in [3.63, 3.8) is 0 Å². The molecule has 1 aliphatic carbocycles. The Labute approximate surface area is 158 Å². The molecule has 26 heavy (non-hydrogen) atoms. The summed E-state index contributed by atoms with van der Waals surface area (Å²) in [7, 11) is 0. The van der Waals surface area contributed by atoms with Crippen LogP contribution in [-0.2, 0) is 4.79 Å². The lowest BCUT2D eigenvalue weighted by atomic mass is 9.85. The lowest BCUT2D eigenvalue weighted by Gasteiger charge is -2.38. The Morgan fingerprint density at radius 1 is 1.31 bits per heavy atom. The average Bonchev–Trinajstić information content (AvgIpc) is 3.10. The number of carbonyl (C=O) groups is 2. The molecule has 2 heterocycles. The number of fused-ring (bicyclic) bond motifs is 3. The fourth-order valence-corrected chi connectivity index (χ4v) is 4.28. The van der Waals surface area contributed by atoms with Gasteiger partial charge < -0.3 is 4.90 Å². The van der Waals surface area contributed by atoms with Crippen LogP contribution in [0.3, 0.4) is 0 Å². The van der Waals surface area contributed by atoms with Gasteiger partial charge in [-0.15, -0.1) is 0 Å². The van der Waals surface area contributed by atoms with Gasteiger partial charge in [-0.3, -0.25) is 14.9 Å². The predicted molar refractivity (Wildman–Crippen MR) is 96.2 cm³/mol. The molecule has 1 aromatic carbocycles. The number of carbonyl (C=O) groups excluding carboxylic acids is 2. The van der Waals surface area contributed by atoms with Gasteiger partial charge >= 0.3 is 0 Å². The molecular formula is C18H16BrFN4O2. The Morgan fingerprint density at radius 2 is 2.08 bits per heavy atom. The number of nitrogens with zero attached hydrogens (tertiary/aromatic N) is 3. The third kappa shape index (κ3) is 3.09. The fourth-order valence-electron chi connectivity index (χ4n) is 3.90. The molecule has 0 radical (unpaired) electrons. The molecule has 4 rings (SSSR count). The molecule has 1 saturated carbocycles. The number of aromatic nitrogens is 2. The average molecular weight is 419 g/mol. The van der Waals surface area contributed by atoms with Crippen molar-refractivity contribution in [3.8, 4) is 0 Å². The van der Waals surface area contributed by atoms with Crippen LogP contribution in [0.15, 0.2) is 35.1 Å². The van der Waals surface area contributed by atoms with Gasteiger partial charge in [0.2, 0.25) is 11.9 Å². The molecule has 0 bridgehead atoms. The molecule has 8 heteroatoms. The van der Waals surface area contributed by atoms with Crippen LogP contribution < -0.4 is 5.32 Å². The van der Waals surface area contributed by atoms with Crippen LogP contribution in [0.25, 0.3) is 0 Å². The molecule has 1 N–H and O–H groups in total. The molecule has 1 fully saturated rings. The number of rotatable bonds is 3. The number of halogens is 2. The molecule has 0 unspecified atom stereocenters. The summed E-state index contributed by atoms with van der Waals surface area (Å²) in [6.07, 6.45) is 4.86. The number of nitrogens with one attached hydrogen (secondary N) is 1. The van der Waals surface area contributed by atoms with Crippen LogP contribution in [0, 0.1) is 5.82 Å². The first-order valence-electron chi connectivity index (χ1n) is 8.41. The molecule has 0 saturated heterocycles. The van der Waals surface area contributed by atoms with E-state index in [0.29, 0.717) is 5.56 Å². The highest BCUT2D eigenvalue weighted by Gasteiger charge is 2.42. The van der Waals surface area contributed by atoms with Crippen LogP contribution in [-0.4, -0.2) is 39.3 Å². The van der Waals surface area contributed by atoms with Crippen molar-refractivity contribution < 1.29 is 14.0 Å². The summed E-state index contributed by atoms with van der Waals surface area (Å²) in [4.78, 5) is 34.4. The highest BCUT2D eigenvalue weighted by atomic mass is 79.9. The maximum absolute atomic E-state index is 13.0. The van der Waals surface area contributed by atoms with Gasteiger partial charge in [0, 0.05) is 22.0 Å². The number of hydrogen-bond acceptors (Lipinski definition) is 4. The Balaban J connectivity index is 1.56. The molecule has 2 aliphatic rings. The maximum Gasteiger partial charge on any atom is 0.254 e. The van der Waals surface area contributed by atoms with Crippen LogP contribution in [0.1, 0.15) is 41.1 Å². The van der Waals surface area contributed by atoms with E-state index in [-0.39, 0.29) is 30.4 Å². The lowest BCUT2D eigenvalue weighted by molar-refractivity contribution is -0.117. The quantitative estimate of drug-likeness (QED) is 0.830. The van der Waals surface area contributed by atoms with E-state index in [1.54, 1.807) is 4.90 Å². The van der Waals surface area contributed by atoms with E-state index in [1.807, 2.05) is 18.2 Å². The predicted octanol–water partition coefficient (Wildman–Crippen LogP) is 3.11. The number of amides is 2. The van der Waals surface area contributed by atoms with E-state index >= 15 is 0 Å². The van der Waals surface area contributed by atoms with Gasteiger partial charge in [-0.2, -0.15) is 0 Å². The molecular weight excluding hydrogens is 403 g/mol. The maximum atomic E-state index is 13.0. The van der Waals surface area contributed by atoms with Gasteiger partial charge in [0.25, 0.3) is 5.91 Å². The minimum Gasteiger partial charge on any atom is -0.326 e. The van der Waals surface area contributed by atoms with Gasteiger partial charge in [-0.05, 0) is 36.6 Å². The van der Waals surface area contributed by atoms with Gasteiger partial charge in [0.15, 0.2) is 5.82 Å². The minimum absolute atomic E-state index is 0.0178. The third-order valence-corrected chi connectivity index (χ3v) is 5.46. The van der Waals surface area contributed by atoms with Crippen molar-refractivity contribution in [2.45, 2.75) is 31.2 Å². The van der Waals surface area contributed by atoms with Crippen molar-refractivity contribution in [3.05, 3.63) is 52.0 Å². The van der Waals surface area contributed by atoms with Gasteiger partial charge in [-0.1, -0.05) is 22.4 Å². The Hall–Kier alpha value is -2.35. The van der Waals surface area contributed by atoms with Gasteiger partial charge in [0.05, 0.1) is 12.4 Å². The molecule has 2 amide bonds. The SMILES string of the molecule is O=C(CN1C(=O)c2ccc(Br)cc2[C@H]2CCC[C@H]21)Nc1ncc(F)cn1. The summed E-state index contributed by atoms with van der Waals surface area (Å²) < 4.78 is 13.8. The summed E-state index contributed by atoms with van der Waals surface area (Å²) >= 11 is 3.48. The third-order valence-electron chi connectivity index (χ3n) is 4.97. The van der Waals surface area contributed by atoms with Crippen LogP contribution >= 0.6 is 15.9 Å². The van der Waals surface area contributed by atoms with E-state index in [4.69, 9.17) is 0 Å². The van der Waals surface area contributed by atoms with Crippen molar-refractivity contribution >= 4 is 33.7 Å². The van der Waals surface area contributed by atoms with Crippen molar-refractivity contribution in [2.24, 2.45) is 0 Å². The van der Waals surface area contributed by atoms with E-state index in [1.165, 1.54) is 0 Å². The van der Waals surface area contributed by atoms with E-state index in [9.17, 15) is 14.0 Å². The van der Waals surface area contributed by atoms with E-state index in [2.05, 4.69) is 31.2 Å². The van der Waals surface area contributed by atoms with Crippen molar-refractivity contribution in [2.75, 3.05) is 11.9 Å². The normalized spacial score (nSPS) is 21.3. The summed E-state index contributed by atoms with van der Waals surface area (Å²) in [5.74, 6) is -0.837. The standard InChI is InChI=1S/C18H16BrFN4O2/c19-10-4-5-13-14(6-10)12-2-1-3-15(12)24(17(13)26)9-16(25)23-18-21-7-11(20)8-22-18/h4-8,12,15H,1-3,9H2,(H,21,22,23,25)/t12-,15-/m1/s1. The zero-order chi connectivity index (χ0) is 18.3. The molecule has 1 aliphatic heterocycles. The second-order valence-corrected chi connectivity index (χ2v) is 7.46. The van der Waals surface area contributed by atoms with E-state index in [0.717, 1.165) is 41.7 Å². The van der Waals surface area contributed by atoms with Crippen molar-refractivity contribution in [1.82, 2.24) is 14.9 Å². The molecule has 6 nitrogen and oxygen atoms in total. The first-order valence-corrected chi connectivity index (χ1v) is 9.20. The largest absolute Gasteiger partial charge is 0.326 e. The van der Waals surface area contributed by atoms with E-state index < -0.39 is 11.7 Å².